The van der Waals surface area contributed by atoms with E-state index in [9.17, 15) is 27.9 Å². The van der Waals surface area contributed by atoms with Gasteiger partial charge in [-0.3, -0.25) is 4.79 Å². The minimum absolute atomic E-state index is 0.0126. The number of thiophene rings is 1. The summed E-state index contributed by atoms with van der Waals surface area (Å²) >= 11 is 6.93. The van der Waals surface area contributed by atoms with Gasteiger partial charge in [-0.25, -0.2) is 14.3 Å². The van der Waals surface area contributed by atoms with Crippen LogP contribution in [-0.4, -0.2) is 37.6 Å². The molecule has 1 aromatic carbocycles. The molecule has 0 aliphatic carbocycles. The molecule has 0 radical (unpaired) electrons. The van der Waals surface area contributed by atoms with E-state index >= 15 is 0 Å². The van der Waals surface area contributed by atoms with Gasteiger partial charge in [0.1, 0.15) is 11.6 Å². The number of halogens is 4. The van der Waals surface area contributed by atoms with Crippen LogP contribution < -0.4 is 5.32 Å². The summed E-state index contributed by atoms with van der Waals surface area (Å²) < 4.78 is 42.0. The van der Waals surface area contributed by atoms with E-state index in [2.05, 4.69) is 15.4 Å². The number of rotatable bonds is 6. The van der Waals surface area contributed by atoms with Crippen LogP contribution in [0.15, 0.2) is 54.7 Å². The molecule has 0 saturated carbocycles. The number of hydrogen-bond acceptors (Lipinski definition) is 5. The number of fused-ring (bicyclic) bond motifs is 1. The van der Waals surface area contributed by atoms with Gasteiger partial charge in [-0.05, 0) is 23.8 Å². The van der Waals surface area contributed by atoms with Crippen LogP contribution in [0, 0.1) is 0 Å². The second kappa shape index (κ2) is 8.83. The molecule has 4 aromatic rings. The Morgan fingerprint density at radius 2 is 1.91 bits per heavy atom. The Bertz CT molecular complexity index is 1340. The summed E-state index contributed by atoms with van der Waals surface area (Å²) in [6.45, 7) is 0. The first-order chi connectivity index (χ1) is 15.6. The first-order valence-corrected chi connectivity index (χ1v) is 10.6. The average molecular weight is 495 g/mol. The predicted octanol–water partition coefficient (Wildman–Crippen LogP) is 4.56. The van der Waals surface area contributed by atoms with Gasteiger partial charge in [-0.1, -0.05) is 41.9 Å². The minimum atomic E-state index is -4.78. The number of alkyl halides is 3. The fourth-order valence-electron chi connectivity index (χ4n) is 3.19. The van der Waals surface area contributed by atoms with Crippen LogP contribution in [0.5, 0.6) is 0 Å². The number of amides is 1. The largest absolute Gasteiger partial charge is 0.480 e. The van der Waals surface area contributed by atoms with Crippen LogP contribution in [0.2, 0.25) is 4.34 Å². The molecule has 0 aliphatic heterocycles. The van der Waals surface area contributed by atoms with Gasteiger partial charge >= 0.3 is 12.1 Å². The van der Waals surface area contributed by atoms with E-state index in [1.54, 1.807) is 30.3 Å². The lowest BCUT2D eigenvalue weighted by Crippen LogP contribution is -2.42. The summed E-state index contributed by atoms with van der Waals surface area (Å²) in [4.78, 5) is 29.1. The van der Waals surface area contributed by atoms with Crippen molar-refractivity contribution in [2.45, 2.75) is 18.6 Å². The highest BCUT2D eigenvalue weighted by molar-refractivity contribution is 7.19. The number of carbonyl (C=O) groups excluding carboxylic acids is 1. The zero-order valence-corrected chi connectivity index (χ0v) is 18.1. The van der Waals surface area contributed by atoms with Gasteiger partial charge in [0, 0.05) is 6.42 Å². The third-order valence-corrected chi connectivity index (χ3v) is 5.97. The number of nitrogens with one attached hydrogen (secondary N) is 1. The SMILES string of the molecule is O=C(N[C@@H](Cc1ccccc1)C(=O)O)c1cnn2c(C(F)(F)F)cc(-c3ccc(Cl)s3)nc12. The van der Waals surface area contributed by atoms with Crippen molar-refractivity contribution in [1.29, 1.82) is 0 Å². The summed E-state index contributed by atoms with van der Waals surface area (Å²) in [5.74, 6) is -2.20. The van der Waals surface area contributed by atoms with Crippen molar-refractivity contribution >= 4 is 40.5 Å². The maximum atomic E-state index is 13.7. The molecule has 0 fully saturated rings. The Hall–Kier alpha value is -3.44. The van der Waals surface area contributed by atoms with Gasteiger partial charge < -0.3 is 10.4 Å². The normalized spacial score (nSPS) is 12.6. The van der Waals surface area contributed by atoms with Crippen molar-refractivity contribution < 1.29 is 27.9 Å². The van der Waals surface area contributed by atoms with E-state index < -0.39 is 29.8 Å². The van der Waals surface area contributed by atoms with Gasteiger partial charge in [-0.2, -0.15) is 18.3 Å². The molecule has 0 unspecified atom stereocenters. The zero-order chi connectivity index (χ0) is 23.8. The Morgan fingerprint density at radius 3 is 2.52 bits per heavy atom. The van der Waals surface area contributed by atoms with Crippen LogP contribution in [0.4, 0.5) is 13.2 Å². The lowest BCUT2D eigenvalue weighted by Gasteiger charge is -2.14. The summed E-state index contributed by atoms with van der Waals surface area (Å²) in [5, 5.41) is 15.6. The molecular weight excluding hydrogens is 481 g/mol. The molecule has 4 rings (SSSR count). The molecule has 0 bridgehead atoms. The summed E-state index contributed by atoms with van der Waals surface area (Å²) in [7, 11) is 0. The second-order valence-electron chi connectivity index (χ2n) is 6.98. The Labute approximate surface area is 193 Å². The van der Waals surface area contributed by atoms with Crippen LogP contribution in [0.3, 0.4) is 0 Å². The predicted molar refractivity (Wildman–Crippen MR) is 115 cm³/mol. The third kappa shape index (κ3) is 4.83. The number of aliphatic carboxylic acids is 1. The zero-order valence-electron chi connectivity index (χ0n) is 16.5. The highest BCUT2D eigenvalue weighted by Crippen LogP contribution is 2.35. The lowest BCUT2D eigenvalue weighted by molar-refractivity contribution is -0.142. The van der Waals surface area contributed by atoms with Crippen molar-refractivity contribution in [1.82, 2.24) is 19.9 Å². The molecule has 3 aromatic heterocycles. The lowest BCUT2D eigenvalue weighted by atomic mass is 10.1. The highest BCUT2D eigenvalue weighted by Gasteiger charge is 2.36. The van der Waals surface area contributed by atoms with Crippen molar-refractivity contribution in [3.8, 4) is 10.6 Å². The average Bonchev–Trinajstić information content (AvgIpc) is 3.38. The standard InChI is InChI=1S/C21H14ClF3N4O3S/c22-17-7-6-15(33-17)13-9-16(21(23,24)25)29-18(27-13)12(10-26-29)19(30)28-14(20(31)32)8-11-4-2-1-3-5-11/h1-7,9-10,14H,8H2,(H,28,30)(H,31,32)/t14-/m0/s1. The van der Waals surface area contributed by atoms with E-state index in [1.165, 1.54) is 12.1 Å². The van der Waals surface area contributed by atoms with Crippen molar-refractivity contribution in [2.24, 2.45) is 0 Å². The monoisotopic (exact) mass is 494 g/mol. The van der Waals surface area contributed by atoms with E-state index in [-0.39, 0.29) is 23.3 Å². The molecule has 170 valence electrons. The second-order valence-corrected chi connectivity index (χ2v) is 8.69. The third-order valence-electron chi connectivity index (χ3n) is 4.72. The Morgan fingerprint density at radius 1 is 1.18 bits per heavy atom. The van der Waals surface area contributed by atoms with E-state index in [0.29, 0.717) is 19.3 Å². The number of carbonyl (C=O) groups is 2. The number of nitrogens with zero attached hydrogens (tertiary/aromatic N) is 3. The number of carboxylic acids is 1. The van der Waals surface area contributed by atoms with E-state index in [1.807, 2.05) is 0 Å². The molecule has 0 spiro atoms. The smallest absolute Gasteiger partial charge is 0.433 e. The number of hydrogen-bond donors (Lipinski definition) is 2. The van der Waals surface area contributed by atoms with Crippen LogP contribution >= 0.6 is 22.9 Å². The molecule has 0 saturated heterocycles. The minimum Gasteiger partial charge on any atom is -0.480 e. The maximum Gasteiger partial charge on any atom is 0.433 e. The van der Waals surface area contributed by atoms with Gasteiger partial charge in [0.05, 0.1) is 21.1 Å². The van der Waals surface area contributed by atoms with Gasteiger partial charge in [-0.15, -0.1) is 11.3 Å². The van der Waals surface area contributed by atoms with Crippen LogP contribution in [0.1, 0.15) is 21.6 Å². The van der Waals surface area contributed by atoms with E-state index in [0.717, 1.165) is 23.6 Å². The summed E-state index contributed by atoms with van der Waals surface area (Å²) in [6, 6.07) is 11.2. The molecule has 1 atom stereocenters. The van der Waals surface area contributed by atoms with Crippen molar-refractivity contribution in [3.05, 3.63) is 75.9 Å². The van der Waals surface area contributed by atoms with Crippen LogP contribution in [-0.2, 0) is 17.4 Å². The number of carboxylic acid groups (broad SMARTS) is 1. The molecule has 2 N–H and O–H groups in total. The summed E-state index contributed by atoms with van der Waals surface area (Å²) in [5.41, 5.74) is -1.15. The fourth-order valence-corrected chi connectivity index (χ4v) is 4.19. The summed E-state index contributed by atoms with van der Waals surface area (Å²) in [6.07, 6.45) is -3.87. The molecule has 3 heterocycles. The first kappa shape index (κ1) is 22.7. The number of aromatic nitrogens is 3. The quantitative estimate of drug-likeness (QED) is 0.410. The van der Waals surface area contributed by atoms with Gasteiger partial charge in [0.25, 0.3) is 5.91 Å². The molecule has 0 aliphatic rings. The first-order valence-electron chi connectivity index (χ1n) is 9.43. The molecule has 12 heteroatoms. The van der Waals surface area contributed by atoms with Crippen molar-refractivity contribution in [2.75, 3.05) is 0 Å². The number of benzene rings is 1. The maximum absolute atomic E-state index is 13.7. The molecule has 1 amide bonds. The van der Waals surface area contributed by atoms with Gasteiger partial charge in [0.15, 0.2) is 11.3 Å². The Kier molecular flexibility index (Phi) is 6.09. The van der Waals surface area contributed by atoms with Crippen LogP contribution in [0.25, 0.3) is 16.2 Å². The fraction of sp³-hybridized carbons (Fsp3) is 0.143. The molecule has 33 heavy (non-hydrogen) atoms. The highest BCUT2D eigenvalue weighted by atomic mass is 35.5. The molecule has 7 nitrogen and oxygen atoms in total. The van der Waals surface area contributed by atoms with E-state index in [4.69, 9.17) is 11.6 Å². The van der Waals surface area contributed by atoms with Gasteiger partial charge in [0.2, 0.25) is 0 Å². The Balaban J connectivity index is 1.74. The van der Waals surface area contributed by atoms with Crippen molar-refractivity contribution in [3.63, 3.8) is 0 Å². The molecular formula is C21H14ClF3N4O3S. The topological polar surface area (TPSA) is 96.6 Å².